The predicted molar refractivity (Wildman–Crippen MR) is 99.7 cm³/mol. The Morgan fingerprint density at radius 2 is 1.88 bits per heavy atom. The van der Waals surface area contributed by atoms with Crippen molar-refractivity contribution in [2.45, 2.75) is 39.2 Å². The minimum atomic E-state index is -1.03. The molecule has 2 amide bonds. The first-order valence-electron chi connectivity index (χ1n) is 8.39. The first-order valence-corrected chi connectivity index (χ1v) is 9.38. The molecular formula is C18H26N2O4S. The first-order chi connectivity index (χ1) is 11.9. The third kappa shape index (κ3) is 8.58. The second kappa shape index (κ2) is 11.5. The molecule has 0 fully saturated rings. The Labute approximate surface area is 153 Å². The molecule has 6 nitrogen and oxygen atoms in total. The van der Waals surface area contributed by atoms with Crippen LogP contribution in [-0.4, -0.2) is 52.0 Å². The molecule has 0 spiro atoms. The van der Waals surface area contributed by atoms with Gasteiger partial charge in [-0.25, -0.2) is 9.59 Å². The first kappa shape index (κ1) is 21.0. The third-order valence-electron chi connectivity index (χ3n) is 3.64. The number of nitrogens with one attached hydrogen (secondary N) is 1. The number of carbonyl (C=O) groups excluding carboxylic acids is 2. The zero-order valence-electron chi connectivity index (χ0n) is 14.7. The summed E-state index contributed by atoms with van der Waals surface area (Å²) in [5, 5.41) is 11.8. The van der Waals surface area contributed by atoms with E-state index in [0.717, 1.165) is 17.3 Å². The largest absolute Gasteiger partial charge is 0.480 e. The Morgan fingerprint density at radius 1 is 1.20 bits per heavy atom. The van der Waals surface area contributed by atoms with Gasteiger partial charge in [0.2, 0.25) is 0 Å². The molecule has 0 bridgehead atoms. The van der Waals surface area contributed by atoms with Crippen molar-refractivity contribution < 1.29 is 19.5 Å². The predicted octanol–water partition coefficient (Wildman–Crippen LogP) is 2.77. The number of hydrogen-bond donors (Lipinski definition) is 2. The number of hydrogen-bond acceptors (Lipinski definition) is 4. The number of nitrogens with zero attached hydrogens (tertiary/aromatic N) is 1. The molecule has 0 saturated carbocycles. The fraction of sp³-hybridized carbons (Fsp3) is 0.500. The highest BCUT2D eigenvalue weighted by Crippen LogP contribution is 2.07. The van der Waals surface area contributed by atoms with Crippen LogP contribution in [0.25, 0.3) is 0 Å². The number of aliphatic carboxylic acids is 1. The van der Waals surface area contributed by atoms with Crippen LogP contribution in [0.2, 0.25) is 0 Å². The number of rotatable bonds is 10. The number of carboxylic acids is 1. The number of carboxylic acid groups (broad SMARTS) is 1. The maximum Gasteiger partial charge on any atom is 0.326 e. The summed E-state index contributed by atoms with van der Waals surface area (Å²) in [6.07, 6.45) is 1.72. The van der Waals surface area contributed by atoms with Crippen LogP contribution in [0.4, 0.5) is 4.79 Å². The van der Waals surface area contributed by atoms with Crippen LogP contribution in [0.15, 0.2) is 30.3 Å². The lowest BCUT2D eigenvalue weighted by molar-refractivity contribution is -0.139. The van der Waals surface area contributed by atoms with Gasteiger partial charge in [0.1, 0.15) is 6.04 Å². The average Bonchev–Trinajstić information content (AvgIpc) is 2.57. The standard InChI is InChI=1S/C18H26N2O4S/c1-3-7-16(17(22)23)19-18(24)20(12-13-25-14(2)21)11-10-15-8-5-4-6-9-15/h4-6,8-9,16H,3,7,10-13H2,1-2H3,(H,19,24)(H,22,23)/t16-/m0/s1. The van der Waals surface area contributed by atoms with Crippen molar-refractivity contribution in [2.24, 2.45) is 0 Å². The molecule has 1 atom stereocenters. The van der Waals surface area contributed by atoms with E-state index in [0.29, 0.717) is 38.1 Å². The highest BCUT2D eigenvalue weighted by molar-refractivity contribution is 8.13. The van der Waals surface area contributed by atoms with E-state index < -0.39 is 18.0 Å². The van der Waals surface area contributed by atoms with Crippen molar-refractivity contribution in [3.8, 4) is 0 Å². The molecule has 0 aliphatic carbocycles. The van der Waals surface area contributed by atoms with Gasteiger partial charge in [-0.1, -0.05) is 55.4 Å². The van der Waals surface area contributed by atoms with Gasteiger partial charge in [0.05, 0.1) is 0 Å². The molecule has 2 N–H and O–H groups in total. The number of amides is 2. The van der Waals surface area contributed by atoms with Gasteiger partial charge in [-0.3, -0.25) is 4.79 Å². The molecule has 7 heteroatoms. The maximum absolute atomic E-state index is 12.5. The quantitative estimate of drug-likeness (QED) is 0.665. The molecule has 0 aliphatic heterocycles. The van der Waals surface area contributed by atoms with E-state index in [2.05, 4.69) is 5.32 Å². The fourth-order valence-corrected chi connectivity index (χ4v) is 2.91. The van der Waals surface area contributed by atoms with Gasteiger partial charge in [-0.15, -0.1) is 0 Å². The number of carbonyl (C=O) groups is 3. The second-order valence-electron chi connectivity index (χ2n) is 5.69. The molecule has 1 aromatic carbocycles. The van der Waals surface area contributed by atoms with Gasteiger partial charge < -0.3 is 15.3 Å². The molecule has 0 aliphatic rings. The summed E-state index contributed by atoms with van der Waals surface area (Å²) in [4.78, 5) is 36.4. The molecule has 0 unspecified atom stereocenters. The lowest BCUT2D eigenvalue weighted by Crippen LogP contribution is -2.49. The normalized spacial score (nSPS) is 11.6. The Morgan fingerprint density at radius 3 is 2.44 bits per heavy atom. The van der Waals surface area contributed by atoms with E-state index in [9.17, 15) is 19.5 Å². The summed E-state index contributed by atoms with van der Waals surface area (Å²) in [7, 11) is 0. The molecule has 1 rings (SSSR count). The number of thioether (sulfide) groups is 1. The van der Waals surface area contributed by atoms with Gasteiger partial charge in [0.15, 0.2) is 5.12 Å². The van der Waals surface area contributed by atoms with Gasteiger partial charge in [0, 0.05) is 25.8 Å². The zero-order valence-corrected chi connectivity index (χ0v) is 15.6. The molecule has 0 radical (unpaired) electrons. The average molecular weight is 366 g/mol. The Kier molecular flexibility index (Phi) is 9.69. The van der Waals surface area contributed by atoms with Crippen LogP contribution >= 0.6 is 11.8 Å². The van der Waals surface area contributed by atoms with Crippen molar-refractivity contribution in [1.29, 1.82) is 0 Å². The molecular weight excluding hydrogens is 340 g/mol. The van der Waals surface area contributed by atoms with Crippen molar-refractivity contribution in [2.75, 3.05) is 18.8 Å². The summed E-state index contributed by atoms with van der Waals surface area (Å²) in [6, 6.07) is 8.48. The van der Waals surface area contributed by atoms with Gasteiger partial charge in [-0.05, 0) is 18.4 Å². The second-order valence-corrected chi connectivity index (χ2v) is 6.96. The summed E-state index contributed by atoms with van der Waals surface area (Å²) in [5.74, 6) is -0.542. The van der Waals surface area contributed by atoms with Gasteiger partial charge >= 0.3 is 12.0 Å². The van der Waals surface area contributed by atoms with E-state index in [1.807, 2.05) is 37.3 Å². The molecule has 25 heavy (non-hydrogen) atoms. The lowest BCUT2D eigenvalue weighted by atomic mass is 10.1. The van der Waals surface area contributed by atoms with E-state index in [1.165, 1.54) is 6.92 Å². The Balaban J connectivity index is 2.68. The van der Waals surface area contributed by atoms with Crippen LogP contribution in [-0.2, 0) is 16.0 Å². The Hall–Kier alpha value is -2.02. The monoisotopic (exact) mass is 366 g/mol. The molecule has 0 heterocycles. The number of urea groups is 1. The summed E-state index contributed by atoms with van der Waals surface area (Å²) in [5.41, 5.74) is 1.10. The molecule has 1 aromatic rings. The van der Waals surface area contributed by atoms with Crippen molar-refractivity contribution >= 4 is 28.9 Å². The van der Waals surface area contributed by atoms with E-state index >= 15 is 0 Å². The topological polar surface area (TPSA) is 86.7 Å². The van der Waals surface area contributed by atoms with Crippen molar-refractivity contribution in [3.05, 3.63) is 35.9 Å². The zero-order chi connectivity index (χ0) is 18.7. The minimum Gasteiger partial charge on any atom is -0.480 e. The van der Waals surface area contributed by atoms with E-state index in [-0.39, 0.29) is 5.12 Å². The van der Waals surface area contributed by atoms with Gasteiger partial charge in [-0.2, -0.15) is 0 Å². The maximum atomic E-state index is 12.5. The van der Waals surface area contributed by atoms with Crippen LogP contribution in [0.1, 0.15) is 32.3 Å². The summed E-state index contributed by atoms with van der Waals surface area (Å²) >= 11 is 1.16. The minimum absolute atomic E-state index is 0.00202. The molecule has 0 aromatic heterocycles. The highest BCUT2D eigenvalue weighted by atomic mass is 32.2. The summed E-state index contributed by atoms with van der Waals surface area (Å²) in [6.45, 7) is 4.22. The van der Waals surface area contributed by atoms with Crippen LogP contribution in [0, 0.1) is 0 Å². The van der Waals surface area contributed by atoms with Crippen LogP contribution in [0.3, 0.4) is 0 Å². The van der Waals surface area contributed by atoms with E-state index in [4.69, 9.17) is 0 Å². The third-order valence-corrected chi connectivity index (χ3v) is 4.43. The fourth-order valence-electron chi connectivity index (χ4n) is 2.31. The smallest absolute Gasteiger partial charge is 0.326 e. The highest BCUT2D eigenvalue weighted by Gasteiger charge is 2.22. The number of benzene rings is 1. The SMILES string of the molecule is CCC[C@H](NC(=O)N(CCSC(C)=O)CCc1ccccc1)C(=O)O. The molecule has 0 saturated heterocycles. The molecule has 138 valence electrons. The van der Waals surface area contributed by atoms with E-state index in [1.54, 1.807) is 4.90 Å². The lowest BCUT2D eigenvalue weighted by Gasteiger charge is -2.25. The van der Waals surface area contributed by atoms with Gasteiger partial charge in [0.25, 0.3) is 0 Å². The van der Waals surface area contributed by atoms with Crippen LogP contribution in [0.5, 0.6) is 0 Å². The summed E-state index contributed by atoms with van der Waals surface area (Å²) < 4.78 is 0. The Bertz CT molecular complexity index is 565. The van der Waals surface area contributed by atoms with Crippen LogP contribution < -0.4 is 5.32 Å². The van der Waals surface area contributed by atoms with Crippen molar-refractivity contribution in [1.82, 2.24) is 10.2 Å². The van der Waals surface area contributed by atoms with Crippen molar-refractivity contribution in [3.63, 3.8) is 0 Å².